The molecule has 0 N–H and O–H groups in total. The molecule has 0 aromatic heterocycles. The first-order chi connectivity index (χ1) is 16.3. The third-order valence-corrected chi connectivity index (χ3v) is 8.84. The van der Waals surface area contributed by atoms with Gasteiger partial charge in [-0.3, -0.25) is 9.59 Å². The number of piperazine rings is 1. The second-order valence-electron chi connectivity index (χ2n) is 9.60. The van der Waals surface area contributed by atoms with E-state index in [1.807, 2.05) is 30.0 Å². The lowest BCUT2D eigenvalue weighted by Gasteiger charge is -2.36. The van der Waals surface area contributed by atoms with Crippen molar-refractivity contribution in [2.24, 2.45) is 5.92 Å². The molecule has 180 valence electrons. The molecule has 5 rings (SSSR count). The fourth-order valence-corrected chi connectivity index (χ4v) is 6.29. The van der Waals surface area contributed by atoms with Crippen molar-refractivity contribution < 1.29 is 18.0 Å². The summed E-state index contributed by atoms with van der Waals surface area (Å²) in [7, 11) is -3.59. The van der Waals surface area contributed by atoms with Crippen LogP contribution in [0.3, 0.4) is 0 Å². The Kier molecular flexibility index (Phi) is 6.10. The van der Waals surface area contributed by atoms with Crippen LogP contribution in [0.1, 0.15) is 31.7 Å². The Labute approximate surface area is 201 Å². The van der Waals surface area contributed by atoms with E-state index in [0.717, 1.165) is 42.9 Å². The van der Waals surface area contributed by atoms with E-state index >= 15 is 0 Å². The van der Waals surface area contributed by atoms with E-state index in [-0.39, 0.29) is 40.8 Å². The van der Waals surface area contributed by atoms with Gasteiger partial charge in [0.1, 0.15) is 0 Å². The monoisotopic (exact) mass is 481 g/mol. The van der Waals surface area contributed by atoms with Gasteiger partial charge in [-0.1, -0.05) is 18.2 Å². The molecular weight excluding hydrogens is 450 g/mol. The van der Waals surface area contributed by atoms with Gasteiger partial charge in [-0.05, 0) is 62.1 Å². The standard InChI is InChI=1S/C26H31N3O4S/c1-19-17-21-18-23(9-10-24(21)29(19)26(31)20-7-8-20)34(32,33)16-11-25(30)28-14-12-27(13-15-28)22-5-3-2-4-6-22/h2-6,9-10,18-20H,7-8,11-17H2,1H3/t19-/m0/s1. The van der Waals surface area contributed by atoms with Crippen molar-refractivity contribution >= 4 is 33.0 Å². The van der Waals surface area contributed by atoms with Crippen molar-refractivity contribution in [1.29, 1.82) is 0 Å². The van der Waals surface area contributed by atoms with Crippen LogP contribution in [0.5, 0.6) is 0 Å². The summed E-state index contributed by atoms with van der Waals surface area (Å²) >= 11 is 0. The topological polar surface area (TPSA) is 78.0 Å². The smallest absolute Gasteiger partial charge is 0.230 e. The number of fused-ring (bicyclic) bond motifs is 1. The van der Waals surface area contributed by atoms with E-state index in [9.17, 15) is 18.0 Å². The first kappa shape index (κ1) is 22.9. The normalized spacial score (nSPS) is 20.4. The Bertz CT molecular complexity index is 1190. The summed E-state index contributed by atoms with van der Waals surface area (Å²) in [6.45, 7) is 4.67. The summed E-state index contributed by atoms with van der Waals surface area (Å²) in [5.74, 6) is -0.0477. The van der Waals surface area contributed by atoms with Crippen molar-refractivity contribution in [3.8, 4) is 0 Å². The molecule has 0 radical (unpaired) electrons. The molecule has 1 atom stereocenters. The van der Waals surface area contributed by atoms with Gasteiger partial charge in [0.2, 0.25) is 11.8 Å². The number of nitrogens with zero attached hydrogens (tertiary/aromatic N) is 3. The summed E-state index contributed by atoms with van der Waals surface area (Å²) in [6.07, 6.45) is 2.52. The molecule has 0 unspecified atom stereocenters. The lowest BCUT2D eigenvalue weighted by Crippen LogP contribution is -2.49. The zero-order valence-electron chi connectivity index (χ0n) is 19.5. The van der Waals surface area contributed by atoms with E-state index in [0.29, 0.717) is 19.5 Å². The van der Waals surface area contributed by atoms with Crippen LogP contribution in [0, 0.1) is 5.92 Å². The lowest BCUT2D eigenvalue weighted by molar-refractivity contribution is -0.131. The molecule has 2 aromatic rings. The molecule has 2 fully saturated rings. The summed E-state index contributed by atoms with van der Waals surface area (Å²) in [6, 6.07) is 15.2. The quantitative estimate of drug-likeness (QED) is 0.634. The highest BCUT2D eigenvalue weighted by Crippen LogP contribution is 2.39. The molecule has 34 heavy (non-hydrogen) atoms. The third-order valence-electron chi connectivity index (χ3n) is 7.13. The number of amides is 2. The first-order valence-electron chi connectivity index (χ1n) is 12.1. The molecule has 1 aliphatic carbocycles. The predicted octanol–water partition coefficient (Wildman–Crippen LogP) is 2.89. The highest BCUT2D eigenvalue weighted by atomic mass is 32.2. The molecule has 2 amide bonds. The highest BCUT2D eigenvalue weighted by Gasteiger charge is 2.39. The number of anilines is 2. The molecule has 1 saturated carbocycles. The number of sulfone groups is 1. The van der Waals surface area contributed by atoms with Crippen LogP contribution >= 0.6 is 0 Å². The molecule has 1 saturated heterocycles. The van der Waals surface area contributed by atoms with Gasteiger partial charge in [-0.25, -0.2) is 8.42 Å². The molecule has 8 heteroatoms. The summed E-state index contributed by atoms with van der Waals surface area (Å²) in [4.78, 5) is 31.5. The lowest BCUT2D eigenvalue weighted by atomic mass is 10.1. The zero-order chi connectivity index (χ0) is 23.9. The molecular formula is C26H31N3O4S. The fourth-order valence-electron chi connectivity index (χ4n) is 5.01. The van der Waals surface area contributed by atoms with Gasteiger partial charge in [0.25, 0.3) is 0 Å². The average molecular weight is 482 g/mol. The van der Waals surface area contributed by atoms with E-state index in [2.05, 4.69) is 17.0 Å². The van der Waals surface area contributed by atoms with Gasteiger partial charge in [0, 0.05) is 55.9 Å². The number of carbonyl (C=O) groups is 2. The van der Waals surface area contributed by atoms with Gasteiger partial charge in [-0.2, -0.15) is 0 Å². The van der Waals surface area contributed by atoms with Gasteiger partial charge >= 0.3 is 0 Å². The maximum atomic E-state index is 13.0. The van der Waals surface area contributed by atoms with Crippen molar-refractivity contribution in [1.82, 2.24) is 4.90 Å². The number of benzene rings is 2. The largest absolute Gasteiger partial charge is 0.368 e. The summed E-state index contributed by atoms with van der Waals surface area (Å²) in [5, 5.41) is 0. The van der Waals surface area contributed by atoms with Crippen LogP contribution in [0.15, 0.2) is 53.4 Å². The number of hydrogen-bond acceptors (Lipinski definition) is 5. The Morgan fingerprint density at radius 1 is 0.971 bits per heavy atom. The minimum Gasteiger partial charge on any atom is -0.368 e. The molecule has 0 spiro atoms. The van der Waals surface area contributed by atoms with Crippen LogP contribution in [0.25, 0.3) is 0 Å². The Morgan fingerprint density at radius 3 is 2.35 bits per heavy atom. The number of carbonyl (C=O) groups excluding carboxylic acids is 2. The molecule has 2 heterocycles. The molecule has 3 aliphatic rings. The van der Waals surface area contributed by atoms with Gasteiger partial charge in [0.15, 0.2) is 9.84 Å². The van der Waals surface area contributed by atoms with Crippen LogP contribution in [-0.2, 0) is 25.8 Å². The van der Waals surface area contributed by atoms with E-state index < -0.39 is 9.84 Å². The Balaban J connectivity index is 1.19. The van der Waals surface area contributed by atoms with Crippen LogP contribution in [0.2, 0.25) is 0 Å². The summed E-state index contributed by atoms with van der Waals surface area (Å²) < 4.78 is 26.0. The van der Waals surface area contributed by atoms with Crippen molar-refractivity contribution in [2.45, 2.75) is 43.5 Å². The van der Waals surface area contributed by atoms with Gasteiger partial charge in [0.05, 0.1) is 10.6 Å². The van der Waals surface area contributed by atoms with E-state index in [1.165, 1.54) is 0 Å². The number of para-hydroxylation sites is 1. The van der Waals surface area contributed by atoms with Crippen LogP contribution in [0.4, 0.5) is 11.4 Å². The predicted molar refractivity (Wildman–Crippen MR) is 132 cm³/mol. The maximum absolute atomic E-state index is 13.0. The Hall–Kier alpha value is -2.87. The first-order valence-corrected chi connectivity index (χ1v) is 13.8. The minimum absolute atomic E-state index is 0.0204. The number of hydrogen-bond donors (Lipinski definition) is 0. The van der Waals surface area contributed by atoms with Gasteiger partial charge < -0.3 is 14.7 Å². The third kappa shape index (κ3) is 4.56. The molecule has 7 nitrogen and oxygen atoms in total. The van der Waals surface area contributed by atoms with Crippen LogP contribution < -0.4 is 9.80 Å². The minimum atomic E-state index is -3.59. The van der Waals surface area contributed by atoms with Crippen LogP contribution in [-0.4, -0.2) is 63.1 Å². The van der Waals surface area contributed by atoms with E-state index in [1.54, 1.807) is 23.1 Å². The summed E-state index contributed by atoms with van der Waals surface area (Å²) in [5.41, 5.74) is 2.86. The SMILES string of the molecule is C[C@H]1Cc2cc(S(=O)(=O)CCC(=O)N3CCN(c4ccccc4)CC3)ccc2N1C(=O)C1CC1. The molecule has 0 bridgehead atoms. The average Bonchev–Trinajstić information content (AvgIpc) is 3.65. The highest BCUT2D eigenvalue weighted by molar-refractivity contribution is 7.91. The molecule has 2 aromatic carbocycles. The van der Waals surface area contributed by atoms with Crippen molar-refractivity contribution in [3.63, 3.8) is 0 Å². The Morgan fingerprint density at radius 2 is 1.68 bits per heavy atom. The maximum Gasteiger partial charge on any atom is 0.230 e. The van der Waals surface area contributed by atoms with Crippen molar-refractivity contribution in [2.75, 3.05) is 41.7 Å². The molecule has 2 aliphatic heterocycles. The second kappa shape index (κ2) is 9.06. The zero-order valence-corrected chi connectivity index (χ0v) is 20.3. The van der Waals surface area contributed by atoms with E-state index in [4.69, 9.17) is 0 Å². The fraction of sp³-hybridized carbons (Fsp3) is 0.462. The number of rotatable bonds is 6. The van der Waals surface area contributed by atoms with Crippen molar-refractivity contribution in [3.05, 3.63) is 54.1 Å². The van der Waals surface area contributed by atoms with Gasteiger partial charge in [-0.15, -0.1) is 0 Å². The second-order valence-corrected chi connectivity index (χ2v) is 11.7.